The molecule has 0 aliphatic heterocycles. The van der Waals surface area contributed by atoms with Crippen LogP contribution in [0, 0.1) is 13.8 Å². The maximum Gasteiger partial charge on any atom is 0.354 e. The van der Waals surface area contributed by atoms with E-state index in [1.54, 1.807) is 31.6 Å². The van der Waals surface area contributed by atoms with Crippen molar-refractivity contribution in [1.29, 1.82) is 0 Å². The normalized spacial score (nSPS) is 10.4. The summed E-state index contributed by atoms with van der Waals surface area (Å²) in [6, 6.07) is 7.22. The van der Waals surface area contributed by atoms with Gasteiger partial charge in [0.25, 0.3) is 0 Å². The summed E-state index contributed by atoms with van der Waals surface area (Å²) in [5, 5.41) is 9.26. The molecule has 1 aromatic heterocycles. The second-order valence-corrected chi connectivity index (χ2v) is 3.94. The Morgan fingerprint density at radius 3 is 2.72 bits per heavy atom. The first-order valence-electron chi connectivity index (χ1n) is 5.48. The number of nitrogens with zero attached hydrogens (tertiary/aromatic N) is 2. The molecule has 0 saturated carbocycles. The summed E-state index contributed by atoms with van der Waals surface area (Å²) in [4.78, 5) is 15.5. The Morgan fingerprint density at radius 2 is 2.11 bits per heavy atom. The largest absolute Gasteiger partial charge is 0.497 e. The first-order valence-corrected chi connectivity index (χ1v) is 5.48. The lowest BCUT2D eigenvalue weighted by Gasteiger charge is -2.09. The molecule has 2 aromatic rings. The first-order chi connectivity index (χ1) is 8.54. The molecule has 0 bridgehead atoms. The Kier molecular flexibility index (Phi) is 3.06. The summed E-state index contributed by atoms with van der Waals surface area (Å²) >= 11 is 0. The zero-order valence-electron chi connectivity index (χ0n) is 10.5. The first kappa shape index (κ1) is 12.2. The number of hydrogen-bond acceptors (Lipinski definition) is 3. The molecule has 1 N–H and O–H groups in total. The summed E-state index contributed by atoms with van der Waals surface area (Å²) in [5.41, 5.74) is 1.41. The van der Waals surface area contributed by atoms with Crippen LogP contribution >= 0.6 is 0 Å². The second kappa shape index (κ2) is 4.52. The zero-order chi connectivity index (χ0) is 13.3. The molecule has 0 aliphatic carbocycles. The molecule has 18 heavy (non-hydrogen) atoms. The van der Waals surface area contributed by atoms with Crippen LogP contribution in [0.2, 0.25) is 0 Å². The lowest BCUT2D eigenvalue weighted by Crippen LogP contribution is -2.09. The van der Waals surface area contributed by atoms with Crippen LogP contribution in [0.4, 0.5) is 0 Å². The number of imidazole rings is 1. The van der Waals surface area contributed by atoms with Crippen LogP contribution in [0.1, 0.15) is 22.0 Å². The smallest absolute Gasteiger partial charge is 0.354 e. The Hall–Kier alpha value is -2.30. The number of carbonyl (C=O) groups is 1. The van der Waals surface area contributed by atoms with E-state index in [1.807, 2.05) is 18.2 Å². The number of benzene rings is 1. The number of carboxylic acid groups (broad SMARTS) is 1. The minimum Gasteiger partial charge on any atom is -0.497 e. The van der Waals surface area contributed by atoms with Crippen LogP contribution in [0.25, 0.3) is 5.69 Å². The van der Waals surface area contributed by atoms with Crippen molar-refractivity contribution in [2.24, 2.45) is 0 Å². The van der Waals surface area contributed by atoms with E-state index in [2.05, 4.69) is 4.98 Å². The lowest BCUT2D eigenvalue weighted by atomic mass is 10.2. The van der Waals surface area contributed by atoms with Crippen LogP contribution in [-0.2, 0) is 0 Å². The van der Waals surface area contributed by atoms with Crippen LogP contribution in [0.3, 0.4) is 0 Å². The van der Waals surface area contributed by atoms with E-state index in [9.17, 15) is 9.90 Å². The molecule has 5 heteroatoms. The van der Waals surface area contributed by atoms with Crippen LogP contribution in [-0.4, -0.2) is 27.7 Å². The van der Waals surface area contributed by atoms with Gasteiger partial charge < -0.3 is 9.84 Å². The number of methoxy groups -OCH3 is 1. The number of aromatic nitrogens is 2. The summed E-state index contributed by atoms with van der Waals surface area (Å²) in [6.45, 7) is 3.46. The number of ether oxygens (including phenoxy) is 1. The monoisotopic (exact) mass is 246 g/mol. The average Bonchev–Trinajstić information content (AvgIpc) is 2.64. The maximum atomic E-state index is 11.3. The Morgan fingerprint density at radius 1 is 1.39 bits per heavy atom. The third-order valence-electron chi connectivity index (χ3n) is 2.73. The second-order valence-electron chi connectivity index (χ2n) is 3.94. The van der Waals surface area contributed by atoms with Crippen molar-refractivity contribution in [3.8, 4) is 11.4 Å². The van der Waals surface area contributed by atoms with Gasteiger partial charge in [-0.15, -0.1) is 0 Å². The van der Waals surface area contributed by atoms with Gasteiger partial charge in [0.1, 0.15) is 11.6 Å². The van der Waals surface area contributed by atoms with Gasteiger partial charge >= 0.3 is 5.97 Å². The molecule has 94 valence electrons. The number of rotatable bonds is 3. The topological polar surface area (TPSA) is 64.4 Å². The fourth-order valence-corrected chi connectivity index (χ4v) is 1.99. The molecule has 0 saturated heterocycles. The van der Waals surface area contributed by atoms with Gasteiger partial charge in [-0.05, 0) is 26.0 Å². The molecular formula is C13H14N2O3. The molecule has 1 aromatic carbocycles. The van der Waals surface area contributed by atoms with Gasteiger partial charge in [-0.1, -0.05) is 6.07 Å². The highest BCUT2D eigenvalue weighted by molar-refractivity contribution is 5.88. The molecule has 0 amide bonds. The van der Waals surface area contributed by atoms with Crippen LogP contribution < -0.4 is 4.74 Å². The standard InChI is InChI=1S/C13H14N2O3/c1-8-12(13(16)17)15(9(2)14-8)10-5-4-6-11(7-10)18-3/h4-7H,1-3H3,(H,16,17). The Balaban J connectivity index is 2.66. The van der Waals surface area contributed by atoms with Crippen molar-refractivity contribution in [2.75, 3.05) is 7.11 Å². The summed E-state index contributed by atoms with van der Waals surface area (Å²) in [5.74, 6) is 0.323. The molecule has 2 rings (SSSR count). The summed E-state index contributed by atoms with van der Waals surface area (Å²) in [7, 11) is 1.57. The number of aromatic carboxylic acids is 1. The van der Waals surface area contributed by atoms with Crippen molar-refractivity contribution in [1.82, 2.24) is 9.55 Å². The number of aryl methyl sites for hydroxylation is 2. The quantitative estimate of drug-likeness (QED) is 0.901. The molecule has 1 heterocycles. The molecule has 0 fully saturated rings. The van der Waals surface area contributed by atoms with E-state index in [0.29, 0.717) is 17.3 Å². The third kappa shape index (κ3) is 1.95. The molecule has 0 atom stereocenters. The molecule has 0 spiro atoms. The van der Waals surface area contributed by atoms with E-state index in [1.165, 1.54) is 0 Å². The number of carboxylic acids is 1. The highest BCUT2D eigenvalue weighted by atomic mass is 16.5. The van der Waals surface area contributed by atoms with Crippen molar-refractivity contribution < 1.29 is 14.6 Å². The minimum atomic E-state index is -0.990. The fourth-order valence-electron chi connectivity index (χ4n) is 1.99. The Labute approximate surface area is 105 Å². The van der Waals surface area contributed by atoms with Gasteiger partial charge in [-0.25, -0.2) is 9.78 Å². The van der Waals surface area contributed by atoms with Crippen molar-refractivity contribution in [3.05, 3.63) is 41.5 Å². The van der Waals surface area contributed by atoms with E-state index >= 15 is 0 Å². The van der Waals surface area contributed by atoms with Crippen molar-refractivity contribution in [3.63, 3.8) is 0 Å². The maximum absolute atomic E-state index is 11.3. The van der Waals surface area contributed by atoms with Gasteiger partial charge in [0.15, 0.2) is 5.69 Å². The number of hydrogen-bond donors (Lipinski definition) is 1. The van der Waals surface area contributed by atoms with Gasteiger partial charge in [-0.3, -0.25) is 4.57 Å². The van der Waals surface area contributed by atoms with Crippen molar-refractivity contribution in [2.45, 2.75) is 13.8 Å². The predicted octanol–water partition coefficient (Wildman–Crippen LogP) is 2.20. The fraction of sp³-hybridized carbons (Fsp3) is 0.231. The van der Waals surface area contributed by atoms with E-state index < -0.39 is 5.97 Å². The van der Waals surface area contributed by atoms with Crippen LogP contribution in [0.15, 0.2) is 24.3 Å². The van der Waals surface area contributed by atoms with Crippen LogP contribution in [0.5, 0.6) is 5.75 Å². The lowest BCUT2D eigenvalue weighted by molar-refractivity contribution is 0.0687. The molecule has 0 radical (unpaired) electrons. The highest BCUT2D eigenvalue weighted by Crippen LogP contribution is 2.21. The van der Waals surface area contributed by atoms with E-state index in [0.717, 1.165) is 5.69 Å². The Bertz CT molecular complexity index is 602. The van der Waals surface area contributed by atoms with E-state index in [-0.39, 0.29) is 5.69 Å². The zero-order valence-corrected chi connectivity index (χ0v) is 10.5. The molecule has 0 unspecified atom stereocenters. The average molecular weight is 246 g/mol. The predicted molar refractivity (Wildman–Crippen MR) is 66.5 cm³/mol. The summed E-state index contributed by atoms with van der Waals surface area (Å²) < 4.78 is 6.75. The van der Waals surface area contributed by atoms with Gasteiger partial charge in [0.05, 0.1) is 18.5 Å². The molecular weight excluding hydrogens is 232 g/mol. The SMILES string of the molecule is COc1cccc(-n2c(C)nc(C)c2C(=O)O)c1. The van der Waals surface area contributed by atoms with Gasteiger partial charge in [0.2, 0.25) is 0 Å². The van der Waals surface area contributed by atoms with Crippen molar-refractivity contribution >= 4 is 5.97 Å². The van der Waals surface area contributed by atoms with E-state index in [4.69, 9.17) is 4.74 Å². The third-order valence-corrected chi connectivity index (χ3v) is 2.73. The minimum absolute atomic E-state index is 0.181. The molecule has 0 aliphatic rings. The summed E-state index contributed by atoms with van der Waals surface area (Å²) in [6.07, 6.45) is 0. The van der Waals surface area contributed by atoms with Gasteiger partial charge in [-0.2, -0.15) is 0 Å². The highest BCUT2D eigenvalue weighted by Gasteiger charge is 2.19. The molecule has 5 nitrogen and oxygen atoms in total. The van der Waals surface area contributed by atoms with Gasteiger partial charge in [0, 0.05) is 6.07 Å².